The lowest BCUT2D eigenvalue weighted by atomic mass is 9.82. The molecular formula is C33H26BrN. The molecule has 0 N–H and O–H groups in total. The van der Waals surface area contributed by atoms with Crippen LogP contribution in [0.5, 0.6) is 0 Å². The zero-order chi connectivity index (χ0) is 23.7. The number of aromatic nitrogens is 1. The number of allylic oxidation sites excluding steroid dienone is 4. The predicted molar refractivity (Wildman–Crippen MR) is 152 cm³/mol. The van der Waals surface area contributed by atoms with Crippen LogP contribution in [0.3, 0.4) is 0 Å². The fraction of sp³-hybridized carbons (Fsp3) is 0.152. The molecule has 4 aromatic carbocycles. The van der Waals surface area contributed by atoms with E-state index in [1.807, 2.05) is 0 Å². The lowest BCUT2D eigenvalue weighted by Gasteiger charge is -2.21. The van der Waals surface area contributed by atoms with Gasteiger partial charge in [0.15, 0.2) is 0 Å². The van der Waals surface area contributed by atoms with Crippen LogP contribution in [0, 0.1) is 0 Å². The molecule has 0 saturated carbocycles. The van der Waals surface area contributed by atoms with E-state index in [2.05, 4.69) is 138 Å². The van der Waals surface area contributed by atoms with E-state index in [0.717, 1.165) is 10.9 Å². The van der Waals surface area contributed by atoms with Crippen molar-refractivity contribution in [3.63, 3.8) is 0 Å². The second kappa shape index (κ2) is 7.57. The van der Waals surface area contributed by atoms with Crippen LogP contribution < -0.4 is 0 Å². The van der Waals surface area contributed by atoms with Crippen molar-refractivity contribution < 1.29 is 0 Å². The van der Waals surface area contributed by atoms with E-state index in [4.69, 9.17) is 0 Å². The Morgan fingerprint density at radius 2 is 1.54 bits per heavy atom. The first kappa shape index (κ1) is 21.0. The largest absolute Gasteiger partial charge is 0.309 e. The van der Waals surface area contributed by atoms with E-state index in [1.165, 1.54) is 55.3 Å². The molecular weight excluding hydrogens is 490 g/mol. The van der Waals surface area contributed by atoms with Gasteiger partial charge in [-0.15, -0.1) is 0 Å². The zero-order valence-corrected chi connectivity index (χ0v) is 21.5. The molecule has 2 heteroatoms. The topological polar surface area (TPSA) is 4.93 Å². The molecule has 0 aliphatic heterocycles. The highest BCUT2D eigenvalue weighted by Crippen LogP contribution is 2.49. The smallest absolute Gasteiger partial charge is 0.0544 e. The van der Waals surface area contributed by atoms with Gasteiger partial charge in [0.25, 0.3) is 0 Å². The van der Waals surface area contributed by atoms with Crippen molar-refractivity contribution >= 4 is 37.7 Å². The summed E-state index contributed by atoms with van der Waals surface area (Å²) in [6, 6.07) is 31.8. The maximum absolute atomic E-state index is 3.68. The third-order valence-electron chi connectivity index (χ3n) is 7.98. The summed E-state index contributed by atoms with van der Waals surface area (Å²) in [5.41, 5.74) is 10.7. The first-order valence-electron chi connectivity index (χ1n) is 12.3. The average molecular weight is 516 g/mol. The number of rotatable bonds is 2. The lowest BCUT2D eigenvalue weighted by Crippen LogP contribution is -2.14. The second-order valence-electron chi connectivity index (χ2n) is 10.3. The molecule has 0 saturated heterocycles. The van der Waals surface area contributed by atoms with E-state index in [-0.39, 0.29) is 5.41 Å². The summed E-state index contributed by atoms with van der Waals surface area (Å²) in [5.74, 6) is 0.387. The number of halogens is 1. The minimum Gasteiger partial charge on any atom is -0.309 e. The van der Waals surface area contributed by atoms with Crippen molar-refractivity contribution in [3.8, 4) is 16.8 Å². The molecule has 2 aliphatic rings. The van der Waals surface area contributed by atoms with Gasteiger partial charge in [-0.25, -0.2) is 0 Å². The monoisotopic (exact) mass is 515 g/mol. The number of benzene rings is 4. The van der Waals surface area contributed by atoms with Gasteiger partial charge in [-0.2, -0.15) is 0 Å². The van der Waals surface area contributed by atoms with E-state index in [1.54, 1.807) is 0 Å². The van der Waals surface area contributed by atoms with Gasteiger partial charge in [0.05, 0.1) is 11.0 Å². The Morgan fingerprint density at radius 3 is 2.43 bits per heavy atom. The van der Waals surface area contributed by atoms with Gasteiger partial charge >= 0.3 is 0 Å². The Balaban J connectivity index is 1.49. The van der Waals surface area contributed by atoms with Gasteiger partial charge in [0, 0.05) is 32.3 Å². The summed E-state index contributed by atoms with van der Waals surface area (Å²) >= 11 is 3.68. The maximum Gasteiger partial charge on any atom is 0.0544 e. The summed E-state index contributed by atoms with van der Waals surface area (Å²) in [4.78, 5) is 0. The van der Waals surface area contributed by atoms with Gasteiger partial charge in [0.2, 0.25) is 0 Å². The van der Waals surface area contributed by atoms with Crippen molar-refractivity contribution in [1.82, 2.24) is 4.57 Å². The normalized spacial score (nSPS) is 18.0. The minimum absolute atomic E-state index is 0.0205. The molecule has 0 bridgehead atoms. The molecule has 1 unspecified atom stereocenters. The minimum atomic E-state index is 0.0205. The molecule has 35 heavy (non-hydrogen) atoms. The summed E-state index contributed by atoms with van der Waals surface area (Å²) in [7, 11) is 0. The van der Waals surface area contributed by atoms with Crippen LogP contribution in [-0.2, 0) is 5.41 Å². The molecule has 1 atom stereocenters. The quantitative estimate of drug-likeness (QED) is 0.220. The number of hydrogen-bond donors (Lipinski definition) is 0. The Morgan fingerprint density at radius 1 is 0.771 bits per heavy atom. The summed E-state index contributed by atoms with van der Waals surface area (Å²) in [5, 5.41) is 2.61. The van der Waals surface area contributed by atoms with Gasteiger partial charge < -0.3 is 4.57 Å². The van der Waals surface area contributed by atoms with Crippen molar-refractivity contribution in [1.29, 1.82) is 0 Å². The Labute approximate surface area is 214 Å². The molecule has 5 aromatic rings. The zero-order valence-electron chi connectivity index (χ0n) is 19.9. The van der Waals surface area contributed by atoms with E-state index in [0.29, 0.717) is 5.92 Å². The van der Waals surface area contributed by atoms with Crippen LogP contribution in [0.2, 0.25) is 0 Å². The first-order valence-corrected chi connectivity index (χ1v) is 13.1. The van der Waals surface area contributed by atoms with Crippen molar-refractivity contribution in [2.45, 2.75) is 31.6 Å². The molecule has 0 radical (unpaired) electrons. The molecule has 170 valence electrons. The van der Waals surface area contributed by atoms with E-state index >= 15 is 0 Å². The van der Waals surface area contributed by atoms with Crippen LogP contribution in [0.15, 0.2) is 108 Å². The van der Waals surface area contributed by atoms with Crippen LogP contribution >= 0.6 is 15.9 Å². The molecule has 1 nitrogen and oxygen atoms in total. The highest BCUT2D eigenvalue weighted by Gasteiger charge is 2.35. The van der Waals surface area contributed by atoms with E-state index < -0.39 is 0 Å². The molecule has 1 aromatic heterocycles. The molecule has 2 aliphatic carbocycles. The third kappa shape index (κ3) is 3.06. The molecule has 0 spiro atoms. The Kier molecular flexibility index (Phi) is 4.53. The van der Waals surface area contributed by atoms with Crippen LogP contribution in [0.1, 0.15) is 42.9 Å². The average Bonchev–Trinajstić information content (AvgIpc) is 3.33. The number of hydrogen-bond acceptors (Lipinski definition) is 0. The molecule has 1 heterocycles. The number of para-hydroxylation sites is 1. The van der Waals surface area contributed by atoms with Crippen LogP contribution in [0.25, 0.3) is 38.6 Å². The summed E-state index contributed by atoms with van der Waals surface area (Å²) in [6.07, 6.45) is 7.76. The Hall–Kier alpha value is -3.36. The fourth-order valence-corrected chi connectivity index (χ4v) is 6.72. The second-order valence-corrected chi connectivity index (χ2v) is 11.2. The third-order valence-corrected chi connectivity index (χ3v) is 8.51. The van der Waals surface area contributed by atoms with Gasteiger partial charge in [-0.1, -0.05) is 109 Å². The molecule has 0 amide bonds. The SMILES string of the molecule is CC1(C)c2ccccc2-c2cc(-n3c4ccccc4c4ccc(C5C=C(Br)C=CC5)cc43)ccc21. The van der Waals surface area contributed by atoms with Gasteiger partial charge in [-0.05, 0) is 58.5 Å². The van der Waals surface area contributed by atoms with Gasteiger partial charge in [0.1, 0.15) is 0 Å². The van der Waals surface area contributed by atoms with Crippen LogP contribution in [-0.4, -0.2) is 4.57 Å². The predicted octanol–water partition coefficient (Wildman–Crippen LogP) is 9.41. The number of nitrogens with zero attached hydrogens (tertiary/aromatic N) is 1. The van der Waals surface area contributed by atoms with Crippen molar-refractivity contribution in [3.05, 3.63) is 124 Å². The number of fused-ring (bicyclic) bond motifs is 6. The Bertz CT molecular complexity index is 1710. The maximum atomic E-state index is 3.68. The van der Waals surface area contributed by atoms with Crippen molar-refractivity contribution in [2.24, 2.45) is 0 Å². The highest BCUT2D eigenvalue weighted by atomic mass is 79.9. The fourth-order valence-electron chi connectivity index (χ4n) is 6.22. The highest BCUT2D eigenvalue weighted by molar-refractivity contribution is 9.11. The molecule has 0 fully saturated rings. The van der Waals surface area contributed by atoms with Crippen LogP contribution in [0.4, 0.5) is 0 Å². The standard InChI is InChI=1S/C33H26BrN/c1-33(2)29-12-5-3-10-25(29)28-20-24(15-17-30(28)33)35-31-13-6-4-11-26(31)27-16-14-22(19-32(27)35)21-8-7-9-23(34)18-21/h3-7,9-21H,8H2,1-2H3. The van der Waals surface area contributed by atoms with E-state index in [9.17, 15) is 0 Å². The summed E-state index contributed by atoms with van der Waals surface area (Å²) < 4.78 is 3.62. The summed E-state index contributed by atoms with van der Waals surface area (Å²) in [6.45, 7) is 4.68. The first-order chi connectivity index (χ1) is 17.0. The van der Waals surface area contributed by atoms with Crippen molar-refractivity contribution in [2.75, 3.05) is 0 Å². The molecule has 7 rings (SSSR count). The lowest BCUT2D eigenvalue weighted by molar-refractivity contribution is 0.660. The van der Waals surface area contributed by atoms with Gasteiger partial charge in [-0.3, -0.25) is 0 Å².